The average Bonchev–Trinajstić information content (AvgIpc) is 3.71. The summed E-state index contributed by atoms with van der Waals surface area (Å²) in [6.07, 6.45) is 0. The van der Waals surface area contributed by atoms with Gasteiger partial charge in [-0.25, -0.2) is 9.97 Å². The first-order valence-corrected chi connectivity index (χ1v) is 17.4. The Morgan fingerprint density at radius 1 is 0.392 bits per heavy atom. The maximum absolute atomic E-state index is 6.14. The zero-order valence-electron chi connectivity index (χ0n) is 28.0. The minimum atomic E-state index is -0.307. The van der Waals surface area contributed by atoms with Gasteiger partial charge in [-0.1, -0.05) is 140 Å². The zero-order valence-corrected chi connectivity index (χ0v) is 28.0. The first-order valence-electron chi connectivity index (χ1n) is 17.4. The first kappa shape index (κ1) is 29.3. The Hall–Kier alpha value is -6.58. The second kappa shape index (κ2) is 11.5. The number of fused-ring (bicyclic) bond motifs is 6. The third-order valence-corrected chi connectivity index (χ3v) is 10.6. The number of aromatic nitrogens is 2. The molecule has 0 N–H and O–H groups in total. The van der Waals surface area contributed by atoms with Crippen LogP contribution in [-0.4, -0.2) is 9.97 Å². The molecule has 51 heavy (non-hydrogen) atoms. The van der Waals surface area contributed by atoms with Crippen molar-refractivity contribution in [2.75, 3.05) is 0 Å². The van der Waals surface area contributed by atoms with Gasteiger partial charge in [0.05, 0.1) is 11.4 Å². The van der Waals surface area contributed by atoms with Crippen molar-refractivity contribution in [2.45, 2.75) is 12.3 Å². The van der Waals surface area contributed by atoms with E-state index in [4.69, 9.17) is 14.4 Å². The lowest BCUT2D eigenvalue weighted by molar-refractivity contribution is 0.669. The predicted molar refractivity (Wildman–Crippen MR) is 208 cm³/mol. The van der Waals surface area contributed by atoms with Gasteiger partial charge < -0.3 is 4.42 Å². The molecule has 0 spiro atoms. The number of nitrogens with zero attached hydrogens (tertiary/aromatic N) is 2. The van der Waals surface area contributed by atoms with Crippen molar-refractivity contribution in [1.29, 1.82) is 0 Å². The van der Waals surface area contributed by atoms with Gasteiger partial charge in [-0.05, 0) is 82.3 Å². The summed E-state index contributed by atoms with van der Waals surface area (Å²) in [5, 5.41) is 2.17. The SMILES string of the molecule is CC1(c2ccccc2-c2cccc(-c3cc(-c4ccc5oc6ccccc6c5c4)nc(-c4ccccc4)n3)c2)c2ccccc2-c2ccccc21. The number of para-hydroxylation sites is 1. The zero-order chi connectivity index (χ0) is 33.9. The maximum Gasteiger partial charge on any atom is 0.160 e. The number of furan rings is 1. The van der Waals surface area contributed by atoms with Crippen molar-refractivity contribution in [1.82, 2.24) is 9.97 Å². The van der Waals surface area contributed by atoms with E-state index in [9.17, 15) is 0 Å². The molecule has 10 rings (SSSR count). The summed E-state index contributed by atoms with van der Waals surface area (Å²) < 4.78 is 6.14. The van der Waals surface area contributed by atoms with E-state index >= 15 is 0 Å². The van der Waals surface area contributed by atoms with Gasteiger partial charge in [-0.3, -0.25) is 0 Å². The van der Waals surface area contributed by atoms with E-state index in [1.807, 2.05) is 36.4 Å². The lowest BCUT2D eigenvalue weighted by atomic mass is 9.71. The number of rotatable bonds is 5. The number of hydrogen-bond acceptors (Lipinski definition) is 3. The average molecular weight is 653 g/mol. The van der Waals surface area contributed by atoms with Gasteiger partial charge in [0.1, 0.15) is 11.2 Å². The summed E-state index contributed by atoms with van der Waals surface area (Å²) >= 11 is 0. The highest BCUT2D eigenvalue weighted by Crippen LogP contribution is 2.54. The van der Waals surface area contributed by atoms with Crippen LogP contribution in [0.25, 0.3) is 78.1 Å². The van der Waals surface area contributed by atoms with Gasteiger partial charge in [-0.2, -0.15) is 0 Å². The summed E-state index contributed by atoms with van der Waals surface area (Å²) in [5.74, 6) is 0.692. The molecule has 0 saturated carbocycles. The van der Waals surface area contributed by atoms with Crippen LogP contribution in [0.2, 0.25) is 0 Å². The van der Waals surface area contributed by atoms with Crippen LogP contribution in [0.4, 0.5) is 0 Å². The predicted octanol–water partition coefficient (Wildman–Crippen LogP) is 12.4. The fraction of sp³-hybridized carbons (Fsp3) is 0.0417. The lowest BCUT2D eigenvalue weighted by Crippen LogP contribution is -2.23. The summed E-state index contributed by atoms with van der Waals surface area (Å²) in [6.45, 7) is 2.38. The monoisotopic (exact) mass is 652 g/mol. The first-order chi connectivity index (χ1) is 25.1. The quantitative estimate of drug-likeness (QED) is 0.186. The Balaban J connectivity index is 1.13. The standard InChI is InChI=1S/C48H32N2O/c1-48(41-23-10-6-19-36(41)37-20-7-11-24-42(37)48)40-22-9-5-18-35(40)32-16-13-17-33(28-32)43-30-44(50-47(49-43)31-14-3-2-4-15-31)34-26-27-46-39(29-34)38-21-8-12-25-45(38)51-46/h2-30H,1H3. The van der Waals surface area contributed by atoms with Crippen LogP contribution in [0.1, 0.15) is 23.6 Å². The molecule has 0 radical (unpaired) electrons. The van der Waals surface area contributed by atoms with Gasteiger partial charge in [-0.15, -0.1) is 0 Å². The molecular formula is C48H32N2O. The van der Waals surface area contributed by atoms with Crippen molar-refractivity contribution < 1.29 is 4.42 Å². The molecule has 7 aromatic carbocycles. The molecule has 0 aliphatic heterocycles. The van der Waals surface area contributed by atoms with Gasteiger partial charge >= 0.3 is 0 Å². The highest BCUT2D eigenvalue weighted by molar-refractivity contribution is 6.06. The van der Waals surface area contributed by atoms with Crippen molar-refractivity contribution in [3.63, 3.8) is 0 Å². The molecule has 0 unspecified atom stereocenters. The lowest BCUT2D eigenvalue weighted by Gasteiger charge is -2.30. The summed E-state index contributed by atoms with van der Waals surface area (Å²) in [4.78, 5) is 10.3. The highest BCUT2D eigenvalue weighted by Gasteiger charge is 2.41. The highest BCUT2D eigenvalue weighted by atomic mass is 16.3. The molecule has 0 bridgehead atoms. The third-order valence-electron chi connectivity index (χ3n) is 10.6. The van der Waals surface area contributed by atoms with E-state index in [0.29, 0.717) is 5.82 Å². The van der Waals surface area contributed by atoms with E-state index in [0.717, 1.165) is 55.6 Å². The van der Waals surface area contributed by atoms with E-state index < -0.39 is 0 Å². The van der Waals surface area contributed by atoms with Crippen LogP contribution in [-0.2, 0) is 5.41 Å². The Labute approximate surface area is 296 Å². The number of benzene rings is 7. The third kappa shape index (κ3) is 4.66. The molecule has 2 heterocycles. The van der Waals surface area contributed by atoms with Gasteiger partial charge in [0.15, 0.2) is 5.82 Å². The van der Waals surface area contributed by atoms with Crippen molar-refractivity contribution in [3.05, 3.63) is 193 Å². The van der Waals surface area contributed by atoms with Crippen LogP contribution in [0.3, 0.4) is 0 Å². The van der Waals surface area contributed by atoms with Crippen molar-refractivity contribution >= 4 is 21.9 Å². The smallest absolute Gasteiger partial charge is 0.160 e. The summed E-state index contributed by atoms with van der Waals surface area (Å²) in [7, 11) is 0. The van der Waals surface area contributed by atoms with Crippen LogP contribution < -0.4 is 0 Å². The Kier molecular flexibility index (Phi) is 6.62. The molecule has 2 aromatic heterocycles. The molecule has 0 atom stereocenters. The molecule has 240 valence electrons. The van der Waals surface area contributed by atoms with Crippen molar-refractivity contribution in [2.24, 2.45) is 0 Å². The Morgan fingerprint density at radius 3 is 1.65 bits per heavy atom. The normalized spacial score (nSPS) is 13.0. The van der Waals surface area contributed by atoms with Crippen LogP contribution in [0, 0.1) is 0 Å². The van der Waals surface area contributed by atoms with E-state index in [-0.39, 0.29) is 5.41 Å². The molecule has 3 heteroatoms. The molecule has 0 fully saturated rings. The van der Waals surface area contributed by atoms with Gasteiger partial charge in [0.25, 0.3) is 0 Å². The van der Waals surface area contributed by atoms with E-state index in [1.165, 1.54) is 33.4 Å². The second-order valence-electron chi connectivity index (χ2n) is 13.5. The maximum atomic E-state index is 6.14. The molecule has 0 saturated heterocycles. The van der Waals surface area contributed by atoms with Gasteiger partial charge in [0, 0.05) is 32.9 Å². The number of hydrogen-bond donors (Lipinski definition) is 0. The molecule has 0 amide bonds. The minimum Gasteiger partial charge on any atom is -0.456 e. The minimum absolute atomic E-state index is 0.307. The van der Waals surface area contributed by atoms with Crippen LogP contribution in [0.5, 0.6) is 0 Å². The van der Waals surface area contributed by atoms with Crippen LogP contribution in [0.15, 0.2) is 180 Å². The van der Waals surface area contributed by atoms with Crippen LogP contribution >= 0.6 is 0 Å². The largest absolute Gasteiger partial charge is 0.456 e. The second-order valence-corrected chi connectivity index (χ2v) is 13.5. The fourth-order valence-corrected chi connectivity index (χ4v) is 8.10. The van der Waals surface area contributed by atoms with Gasteiger partial charge in [0.2, 0.25) is 0 Å². The van der Waals surface area contributed by atoms with E-state index in [2.05, 4.69) is 146 Å². The fourth-order valence-electron chi connectivity index (χ4n) is 8.10. The summed E-state index contributed by atoms with van der Waals surface area (Å²) in [5.41, 5.74) is 15.1. The Bertz CT molecular complexity index is 2730. The molecule has 1 aliphatic carbocycles. The molecular weight excluding hydrogens is 621 g/mol. The van der Waals surface area contributed by atoms with E-state index in [1.54, 1.807) is 0 Å². The Morgan fingerprint density at radius 2 is 0.922 bits per heavy atom. The topological polar surface area (TPSA) is 38.9 Å². The molecule has 1 aliphatic rings. The van der Waals surface area contributed by atoms with Crippen molar-refractivity contribution in [3.8, 4) is 56.2 Å². The molecule has 3 nitrogen and oxygen atoms in total. The molecule has 9 aromatic rings. The summed E-state index contributed by atoms with van der Waals surface area (Å²) in [6, 6.07) is 62.2.